The van der Waals surface area contributed by atoms with E-state index in [1.165, 1.54) is 4.90 Å². The maximum Gasteiger partial charge on any atom is 0.138 e. The average molecular weight is 251 g/mol. The lowest BCUT2D eigenvalue weighted by atomic mass is 10.2. The summed E-state index contributed by atoms with van der Waals surface area (Å²) in [5.74, 6) is 2.21. The van der Waals surface area contributed by atoms with Crippen molar-refractivity contribution in [3.8, 4) is 0 Å². The summed E-state index contributed by atoms with van der Waals surface area (Å²) in [5, 5.41) is 0. The average Bonchev–Trinajstić information content (AvgIpc) is 2.38. The summed E-state index contributed by atoms with van der Waals surface area (Å²) in [7, 11) is 0. The number of aromatic nitrogens is 2. The molecule has 16 heavy (non-hydrogen) atoms. The van der Waals surface area contributed by atoms with Crippen molar-refractivity contribution in [3.63, 3.8) is 0 Å². The molecule has 4 heteroatoms. The third-order valence-electron chi connectivity index (χ3n) is 2.06. The van der Waals surface area contributed by atoms with Crippen LogP contribution in [-0.4, -0.2) is 9.97 Å². The van der Waals surface area contributed by atoms with Crippen molar-refractivity contribution in [2.45, 2.75) is 16.5 Å². The predicted molar refractivity (Wildman–Crippen MR) is 67.6 cm³/mol. The smallest absolute Gasteiger partial charge is 0.138 e. The molecule has 0 radical (unpaired) electrons. The SMILES string of the molecule is ClCc1ccc(SCc2ncccn2)cc1. The third kappa shape index (κ3) is 3.22. The van der Waals surface area contributed by atoms with Gasteiger partial charge in [0.2, 0.25) is 0 Å². The summed E-state index contributed by atoms with van der Waals surface area (Å²) in [6, 6.07) is 10.1. The van der Waals surface area contributed by atoms with E-state index in [0.29, 0.717) is 5.88 Å². The van der Waals surface area contributed by atoms with Crippen LogP contribution in [0.4, 0.5) is 0 Å². The van der Waals surface area contributed by atoms with Gasteiger partial charge in [0, 0.05) is 23.2 Å². The van der Waals surface area contributed by atoms with Gasteiger partial charge in [-0.2, -0.15) is 0 Å². The molecule has 0 unspecified atom stereocenters. The highest BCUT2D eigenvalue weighted by atomic mass is 35.5. The standard InChI is InChI=1S/C12H11ClN2S/c13-8-10-2-4-11(5-3-10)16-9-12-14-6-1-7-15-12/h1-7H,8-9H2. The van der Waals surface area contributed by atoms with E-state index >= 15 is 0 Å². The summed E-state index contributed by atoms with van der Waals surface area (Å²) in [6.07, 6.45) is 3.53. The molecule has 2 rings (SSSR count). The maximum atomic E-state index is 5.73. The van der Waals surface area contributed by atoms with Crippen molar-refractivity contribution in [3.05, 3.63) is 54.1 Å². The third-order valence-corrected chi connectivity index (χ3v) is 3.38. The van der Waals surface area contributed by atoms with Crippen LogP contribution in [-0.2, 0) is 11.6 Å². The molecule has 1 aromatic carbocycles. The number of hydrogen-bond donors (Lipinski definition) is 0. The van der Waals surface area contributed by atoms with E-state index in [2.05, 4.69) is 22.1 Å². The Labute approximate surface area is 104 Å². The van der Waals surface area contributed by atoms with Gasteiger partial charge < -0.3 is 0 Å². The van der Waals surface area contributed by atoms with Crippen molar-refractivity contribution >= 4 is 23.4 Å². The molecule has 0 atom stereocenters. The number of benzene rings is 1. The molecule has 1 heterocycles. The molecule has 0 aliphatic heterocycles. The van der Waals surface area contributed by atoms with Crippen LogP contribution in [0.15, 0.2) is 47.6 Å². The van der Waals surface area contributed by atoms with Crippen LogP contribution in [0.25, 0.3) is 0 Å². The van der Waals surface area contributed by atoms with Gasteiger partial charge in [0.05, 0.1) is 5.75 Å². The summed E-state index contributed by atoms with van der Waals surface area (Å²) < 4.78 is 0. The van der Waals surface area contributed by atoms with Gasteiger partial charge in [-0.15, -0.1) is 23.4 Å². The second-order valence-corrected chi connectivity index (χ2v) is 4.55. The fraction of sp³-hybridized carbons (Fsp3) is 0.167. The topological polar surface area (TPSA) is 25.8 Å². The van der Waals surface area contributed by atoms with Crippen LogP contribution < -0.4 is 0 Å². The van der Waals surface area contributed by atoms with Crippen LogP contribution in [0, 0.1) is 0 Å². The van der Waals surface area contributed by atoms with E-state index in [1.54, 1.807) is 24.2 Å². The number of alkyl halides is 1. The Balaban J connectivity index is 1.94. The maximum absolute atomic E-state index is 5.73. The quantitative estimate of drug-likeness (QED) is 0.614. The van der Waals surface area contributed by atoms with E-state index in [0.717, 1.165) is 17.1 Å². The summed E-state index contributed by atoms with van der Waals surface area (Å²) in [4.78, 5) is 9.56. The van der Waals surface area contributed by atoms with Crippen LogP contribution in [0.1, 0.15) is 11.4 Å². The van der Waals surface area contributed by atoms with Crippen LogP contribution in [0.2, 0.25) is 0 Å². The molecule has 2 aromatic rings. The van der Waals surface area contributed by atoms with Gasteiger partial charge in [-0.05, 0) is 23.8 Å². The van der Waals surface area contributed by atoms with E-state index < -0.39 is 0 Å². The Morgan fingerprint density at radius 1 is 1.06 bits per heavy atom. The molecule has 0 spiro atoms. The van der Waals surface area contributed by atoms with E-state index in [9.17, 15) is 0 Å². The number of thioether (sulfide) groups is 1. The first-order valence-electron chi connectivity index (χ1n) is 4.92. The van der Waals surface area contributed by atoms with Gasteiger partial charge in [-0.3, -0.25) is 0 Å². The highest BCUT2D eigenvalue weighted by molar-refractivity contribution is 7.98. The van der Waals surface area contributed by atoms with Gasteiger partial charge in [-0.1, -0.05) is 12.1 Å². The lowest BCUT2D eigenvalue weighted by molar-refractivity contribution is 1.03. The Hall–Kier alpha value is -1.06. The molecule has 0 amide bonds. The molecular formula is C12H11ClN2S. The molecule has 0 saturated carbocycles. The molecule has 0 bridgehead atoms. The summed E-state index contributed by atoms with van der Waals surface area (Å²) >= 11 is 7.45. The summed E-state index contributed by atoms with van der Waals surface area (Å²) in [6.45, 7) is 0. The monoisotopic (exact) mass is 250 g/mol. The minimum Gasteiger partial charge on any atom is -0.240 e. The van der Waals surface area contributed by atoms with Gasteiger partial charge in [0.25, 0.3) is 0 Å². The number of halogens is 1. The van der Waals surface area contributed by atoms with Crippen LogP contribution >= 0.6 is 23.4 Å². The Bertz CT molecular complexity index is 431. The highest BCUT2D eigenvalue weighted by Gasteiger charge is 1.98. The van der Waals surface area contributed by atoms with Crippen molar-refractivity contribution < 1.29 is 0 Å². The highest BCUT2D eigenvalue weighted by Crippen LogP contribution is 2.21. The molecule has 0 aliphatic carbocycles. The summed E-state index contributed by atoms with van der Waals surface area (Å²) in [5.41, 5.74) is 1.14. The Morgan fingerprint density at radius 3 is 2.38 bits per heavy atom. The second-order valence-electron chi connectivity index (χ2n) is 3.23. The zero-order valence-electron chi connectivity index (χ0n) is 8.64. The normalized spacial score (nSPS) is 10.3. The Morgan fingerprint density at radius 2 is 1.75 bits per heavy atom. The number of nitrogens with zero attached hydrogens (tertiary/aromatic N) is 2. The number of rotatable bonds is 4. The van der Waals surface area contributed by atoms with Gasteiger partial charge in [0.15, 0.2) is 0 Å². The molecule has 0 aliphatic rings. The lowest BCUT2D eigenvalue weighted by Crippen LogP contribution is -1.89. The van der Waals surface area contributed by atoms with Crippen molar-refractivity contribution in [1.29, 1.82) is 0 Å². The molecule has 0 saturated heterocycles. The van der Waals surface area contributed by atoms with E-state index in [1.807, 2.05) is 18.2 Å². The van der Waals surface area contributed by atoms with Gasteiger partial charge in [0.1, 0.15) is 5.82 Å². The van der Waals surface area contributed by atoms with Crippen LogP contribution in [0.3, 0.4) is 0 Å². The second kappa shape index (κ2) is 5.87. The molecule has 0 fully saturated rings. The van der Waals surface area contributed by atoms with E-state index in [4.69, 9.17) is 11.6 Å². The van der Waals surface area contributed by atoms with Gasteiger partial charge in [-0.25, -0.2) is 9.97 Å². The van der Waals surface area contributed by atoms with Crippen molar-refractivity contribution in [1.82, 2.24) is 9.97 Å². The van der Waals surface area contributed by atoms with Crippen molar-refractivity contribution in [2.24, 2.45) is 0 Å². The van der Waals surface area contributed by atoms with Gasteiger partial charge >= 0.3 is 0 Å². The first-order valence-corrected chi connectivity index (χ1v) is 6.44. The van der Waals surface area contributed by atoms with Crippen LogP contribution in [0.5, 0.6) is 0 Å². The zero-order valence-corrected chi connectivity index (χ0v) is 10.2. The lowest BCUT2D eigenvalue weighted by Gasteiger charge is -2.01. The van der Waals surface area contributed by atoms with E-state index in [-0.39, 0.29) is 0 Å². The van der Waals surface area contributed by atoms with Crippen molar-refractivity contribution in [2.75, 3.05) is 0 Å². The minimum absolute atomic E-state index is 0.562. The molecule has 0 N–H and O–H groups in total. The molecule has 1 aromatic heterocycles. The first kappa shape index (κ1) is 11.4. The zero-order chi connectivity index (χ0) is 11.2. The predicted octanol–water partition coefficient (Wildman–Crippen LogP) is 3.51. The first-order chi connectivity index (χ1) is 7.88. The minimum atomic E-state index is 0.562. The Kier molecular flexibility index (Phi) is 4.19. The molecule has 82 valence electrons. The fourth-order valence-electron chi connectivity index (χ4n) is 1.23. The molecule has 2 nitrogen and oxygen atoms in total. The fourth-order valence-corrected chi connectivity index (χ4v) is 2.18. The molecular weight excluding hydrogens is 240 g/mol. The number of hydrogen-bond acceptors (Lipinski definition) is 3. The largest absolute Gasteiger partial charge is 0.240 e.